The summed E-state index contributed by atoms with van der Waals surface area (Å²) in [5.41, 5.74) is 1.55. The number of benzene rings is 2. The van der Waals surface area contributed by atoms with E-state index < -0.39 is 6.04 Å². The zero-order valence-electron chi connectivity index (χ0n) is 17.8. The van der Waals surface area contributed by atoms with E-state index in [0.29, 0.717) is 35.9 Å². The lowest BCUT2D eigenvalue weighted by Crippen LogP contribution is -2.46. The van der Waals surface area contributed by atoms with Crippen molar-refractivity contribution in [2.24, 2.45) is 0 Å². The summed E-state index contributed by atoms with van der Waals surface area (Å²) in [6.45, 7) is 2.77. The summed E-state index contributed by atoms with van der Waals surface area (Å²) in [7, 11) is 0. The average molecular weight is 449 g/mol. The van der Waals surface area contributed by atoms with Gasteiger partial charge in [-0.25, -0.2) is 4.90 Å². The second-order valence-corrected chi connectivity index (χ2v) is 8.37. The van der Waals surface area contributed by atoms with Crippen molar-refractivity contribution < 1.29 is 19.1 Å². The maximum Gasteiger partial charge on any atom is 0.264 e. The fourth-order valence-electron chi connectivity index (χ4n) is 3.82. The molecule has 1 fully saturated rings. The Bertz CT molecular complexity index is 1080. The maximum atomic E-state index is 13.3. The van der Waals surface area contributed by atoms with E-state index in [2.05, 4.69) is 0 Å². The minimum atomic E-state index is -0.826. The smallest absolute Gasteiger partial charge is 0.264 e. The van der Waals surface area contributed by atoms with E-state index in [1.54, 1.807) is 41.3 Å². The molecule has 164 valence electrons. The SMILES string of the molecule is CCOc1ccc(N2C(=O)CC(N(CCc3ccccc3)C(=O)c3cccs3)C2=O)cc1. The number of imide groups is 1. The Labute approximate surface area is 191 Å². The first kappa shape index (κ1) is 21.8. The van der Waals surface area contributed by atoms with Crippen LogP contribution in [-0.4, -0.2) is 41.8 Å². The van der Waals surface area contributed by atoms with E-state index in [-0.39, 0.29) is 24.1 Å². The molecule has 3 amide bonds. The van der Waals surface area contributed by atoms with Crippen molar-refractivity contribution >= 4 is 34.7 Å². The molecule has 1 atom stereocenters. The number of carbonyl (C=O) groups excluding carboxylic acids is 3. The molecule has 6 nitrogen and oxygen atoms in total. The maximum absolute atomic E-state index is 13.3. The summed E-state index contributed by atoms with van der Waals surface area (Å²) in [5, 5.41) is 1.83. The summed E-state index contributed by atoms with van der Waals surface area (Å²) in [5.74, 6) is -0.246. The molecule has 0 saturated carbocycles. The van der Waals surface area contributed by atoms with Crippen molar-refractivity contribution in [3.63, 3.8) is 0 Å². The van der Waals surface area contributed by atoms with Crippen LogP contribution in [0.5, 0.6) is 5.75 Å². The zero-order chi connectivity index (χ0) is 22.5. The van der Waals surface area contributed by atoms with Crippen molar-refractivity contribution in [3.8, 4) is 5.75 Å². The first-order chi connectivity index (χ1) is 15.6. The third kappa shape index (κ3) is 4.57. The predicted octanol–water partition coefficient (Wildman–Crippen LogP) is 4.16. The molecule has 1 unspecified atom stereocenters. The summed E-state index contributed by atoms with van der Waals surface area (Å²) >= 11 is 1.33. The number of amides is 3. The molecule has 1 aromatic heterocycles. The monoisotopic (exact) mass is 448 g/mol. The number of carbonyl (C=O) groups is 3. The van der Waals surface area contributed by atoms with E-state index in [0.717, 1.165) is 5.56 Å². The Morgan fingerprint density at radius 1 is 1.06 bits per heavy atom. The number of hydrogen-bond acceptors (Lipinski definition) is 5. The van der Waals surface area contributed by atoms with Gasteiger partial charge < -0.3 is 9.64 Å². The first-order valence-corrected chi connectivity index (χ1v) is 11.4. The van der Waals surface area contributed by atoms with E-state index in [1.807, 2.05) is 42.6 Å². The highest BCUT2D eigenvalue weighted by Crippen LogP contribution is 2.29. The van der Waals surface area contributed by atoms with Crippen LogP contribution < -0.4 is 9.64 Å². The van der Waals surface area contributed by atoms with Gasteiger partial charge in [0.05, 0.1) is 23.6 Å². The van der Waals surface area contributed by atoms with E-state index >= 15 is 0 Å². The molecule has 2 heterocycles. The topological polar surface area (TPSA) is 66.9 Å². The van der Waals surface area contributed by atoms with Crippen LogP contribution in [0.1, 0.15) is 28.6 Å². The van der Waals surface area contributed by atoms with Crippen LogP contribution in [0.3, 0.4) is 0 Å². The molecule has 4 rings (SSSR count). The van der Waals surface area contributed by atoms with Gasteiger partial charge in [-0.05, 0) is 54.6 Å². The number of nitrogens with zero attached hydrogens (tertiary/aromatic N) is 2. The van der Waals surface area contributed by atoms with Gasteiger partial charge in [0.2, 0.25) is 5.91 Å². The highest BCUT2D eigenvalue weighted by Gasteiger charge is 2.44. The quantitative estimate of drug-likeness (QED) is 0.485. The Kier molecular flexibility index (Phi) is 6.66. The molecule has 0 aliphatic carbocycles. The summed E-state index contributed by atoms with van der Waals surface area (Å²) < 4.78 is 5.44. The number of hydrogen-bond donors (Lipinski definition) is 0. The van der Waals surface area contributed by atoms with Crippen LogP contribution in [0.15, 0.2) is 72.1 Å². The minimum absolute atomic E-state index is 0.0298. The normalized spacial score (nSPS) is 15.8. The number of ether oxygens (including phenoxy) is 1. The zero-order valence-corrected chi connectivity index (χ0v) is 18.6. The van der Waals surface area contributed by atoms with Crippen molar-refractivity contribution in [2.75, 3.05) is 18.1 Å². The molecular weight excluding hydrogens is 424 g/mol. The lowest BCUT2D eigenvalue weighted by Gasteiger charge is -2.27. The lowest BCUT2D eigenvalue weighted by molar-refractivity contribution is -0.122. The van der Waals surface area contributed by atoms with Gasteiger partial charge >= 0.3 is 0 Å². The molecule has 32 heavy (non-hydrogen) atoms. The molecular formula is C25H24N2O4S. The number of anilines is 1. The van der Waals surface area contributed by atoms with Gasteiger partial charge in [-0.2, -0.15) is 0 Å². The average Bonchev–Trinajstić information content (AvgIpc) is 3.44. The first-order valence-electron chi connectivity index (χ1n) is 10.6. The molecule has 1 aliphatic rings. The number of thiophene rings is 1. The highest BCUT2D eigenvalue weighted by atomic mass is 32.1. The summed E-state index contributed by atoms with van der Waals surface area (Å²) in [6.07, 6.45) is 0.566. The van der Waals surface area contributed by atoms with Gasteiger partial charge in [0.25, 0.3) is 11.8 Å². The van der Waals surface area contributed by atoms with Crippen molar-refractivity contribution in [3.05, 3.63) is 82.6 Å². The fourth-order valence-corrected chi connectivity index (χ4v) is 4.50. The molecule has 1 aliphatic heterocycles. The van der Waals surface area contributed by atoms with E-state index in [4.69, 9.17) is 4.74 Å². The fraction of sp³-hybridized carbons (Fsp3) is 0.240. The Balaban J connectivity index is 1.58. The van der Waals surface area contributed by atoms with Crippen LogP contribution in [0.2, 0.25) is 0 Å². The van der Waals surface area contributed by atoms with Crippen LogP contribution >= 0.6 is 11.3 Å². The van der Waals surface area contributed by atoms with Crippen LogP contribution in [0, 0.1) is 0 Å². The third-order valence-electron chi connectivity index (χ3n) is 5.38. The van der Waals surface area contributed by atoms with Crippen molar-refractivity contribution in [2.45, 2.75) is 25.8 Å². The highest BCUT2D eigenvalue weighted by molar-refractivity contribution is 7.12. The molecule has 7 heteroatoms. The molecule has 2 aromatic carbocycles. The molecule has 0 spiro atoms. The second-order valence-electron chi connectivity index (χ2n) is 7.43. The van der Waals surface area contributed by atoms with Gasteiger partial charge in [-0.15, -0.1) is 11.3 Å². The Hall–Kier alpha value is -3.45. The third-order valence-corrected chi connectivity index (χ3v) is 6.24. The Morgan fingerprint density at radius 3 is 2.47 bits per heavy atom. The molecule has 0 N–H and O–H groups in total. The Morgan fingerprint density at radius 2 is 1.81 bits per heavy atom. The molecule has 0 bridgehead atoms. The van der Waals surface area contributed by atoms with Gasteiger partial charge in [0.15, 0.2) is 0 Å². The van der Waals surface area contributed by atoms with Crippen LogP contribution in [-0.2, 0) is 16.0 Å². The van der Waals surface area contributed by atoms with Crippen molar-refractivity contribution in [1.29, 1.82) is 0 Å². The summed E-state index contributed by atoms with van der Waals surface area (Å²) in [4.78, 5) is 42.7. The standard InChI is InChI=1S/C25H24N2O4S/c1-2-31-20-12-10-19(11-13-20)27-23(28)17-21(24(27)29)26(25(30)22-9-6-16-32-22)15-14-18-7-4-3-5-8-18/h3-13,16,21H,2,14-15,17H2,1H3. The van der Waals surface area contributed by atoms with Crippen molar-refractivity contribution in [1.82, 2.24) is 4.90 Å². The molecule has 1 saturated heterocycles. The lowest BCUT2D eigenvalue weighted by atomic mass is 10.1. The predicted molar refractivity (Wildman–Crippen MR) is 124 cm³/mol. The largest absolute Gasteiger partial charge is 0.494 e. The second kappa shape index (κ2) is 9.78. The van der Waals surface area contributed by atoms with E-state index in [9.17, 15) is 14.4 Å². The van der Waals surface area contributed by atoms with E-state index in [1.165, 1.54) is 16.2 Å². The number of rotatable bonds is 8. The van der Waals surface area contributed by atoms with Gasteiger partial charge in [0, 0.05) is 6.54 Å². The van der Waals surface area contributed by atoms with Gasteiger partial charge in [-0.3, -0.25) is 14.4 Å². The summed E-state index contributed by atoms with van der Waals surface area (Å²) in [6, 6.07) is 19.4. The molecule has 0 radical (unpaired) electrons. The minimum Gasteiger partial charge on any atom is -0.494 e. The molecule has 3 aromatic rings. The van der Waals surface area contributed by atoms with Gasteiger partial charge in [-0.1, -0.05) is 36.4 Å². The van der Waals surface area contributed by atoms with Gasteiger partial charge in [0.1, 0.15) is 11.8 Å². The van der Waals surface area contributed by atoms with Crippen LogP contribution in [0.4, 0.5) is 5.69 Å². The van der Waals surface area contributed by atoms with Crippen LogP contribution in [0.25, 0.3) is 0 Å².